The highest BCUT2D eigenvalue weighted by atomic mass is 16.2. The van der Waals surface area contributed by atoms with Crippen molar-refractivity contribution in [3.05, 3.63) is 59.7 Å². The highest BCUT2D eigenvalue weighted by Gasteiger charge is 2.47. The lowest BCUT2D eigenvalue weighted by Crippen LogP contribution is -2.29. The standard InChI is InChI=1S/C24H29N3O2/c1-17-5-7-18(8-6-17)16-25-23(28)21-15-22(21)24(29)26-19-9-11-20(12-10-19)27-13-3-2-4-14-27/h5-12,21-22H,2-4,13-16H2,1H3,(H,25,28)(H,26,29). The Morgan fingerprint density at radius 3 is 2.24 bits per heavy atom. The van der Waals surface area contributed by atoms with Crippen molar-refractivity contribution in [2.24, 2.45) is 11.8 Å². The number of nitrogens with zero attached hydrogens (tertiary/aromatic N) is 1. The van der Waals surface area contributed by atoms with Crippen molar-refractivity contribution in [1.82, 2.24) is 5.32 Å². The summed E-state index contributed by atoms with van der Waals surface area (Å²) in [5, 5.41) is 5.91. The average molecular weight is 392 g/mol. The zero-order valence-electron chi connectivity index (χ0n) is 17.0. The molecule has 0 aromatic heterocycles. The van der Waals surface area contributed by atoms with Gasteiger partial charge in [-0.15, -0.1) is 0 Å². The molecule has 0 spiro atoms. The summed E-state index contributed by atoms with van der Waals surface area (Å²) in [5.74, 6) is -0.541. The maximum absolute atomic E-state index is 12.5. The van der Waals surface area contributed by atoms with Crippen molar-refractivity contribution >= 4 is 23.2 Å². The Morgan fingerprint density at radius 1 is 0.897 bits per heavy atom. The van der Waals surface area contributed by atoms with Crippen molar-refractivity contribution in [1.29, 1.82) is 0 Å². The molecule has 2 atom stereocenters. The molecular weight excluding hydrogens is 362 g/mol. The molecule has 2 aromatic carbocycles. The molecule has 5 heteroatoms. The van der Waals surface area contributed by atoms with E-state index in [1.54, 1.807) is 0 Å². The molecule has 1 aliphatic heterocycles. The molecule has 2 unspecified atom stereocenters. The van der Waals surface area contributed by atoms with Crippen LogP contribution in [0.3, 0.4) is 0 Å². The van der Waals surface area contributed by atoms with Gasteiger partial charge in [0.05, 0.1) is 11.8 Å². The van der Waals surface area contributed by atoms with Crippen molar-refractivity contribution in [2.75, 3.05) is 23.3 Å². The van der Waals surface area contributed by atoms with Gasteiger partial charge in [0.2, 0.25) is 11.8 Å². The molecule has 152 valence electrons. The fourth-order valence-electron chi connectivity index (χ4n) is 3.94. The van der Waals surface area contributed by atoms with E-state index in [1.807, 2.05) is 43.3 Å². The third-order valence-corrected chi connectivity index (χ3v) is 5.91. The molecule has 1 saturated carbocycles. The largest absolute Gasteiger partial charge is 0.372 e. The summed E-state index contributed by atoms with van der Waals surface area (Å²) in [6.07, 6.45) is 4.42. The number of nitrogens with one attached hydrogen (secondary N) is 2. The number of carbonyl (C=O) groups is 2. The van der Waals surface area contributed by atoms with Gasteiger partial charge in [-0.05, 0) is 62.4 Å². The van der Waals surface area contributed by atoms with Gasteiger partial charge in [0.1, 0.15) is 0 Å². The monoisotopic (exact) mass is 391 g/mol. The maximum Gasteiger partial charge on any atom is 0.228 e. The van der Waals surface area contributed by atoms with Crippen LogP contribution in [0.2, 0.25) is 0 Å². The van der Waals surface area contributed by atoms with E-state index < -0.39 is 0 Å². The minimum absolute atomic E-state index is 0.0360. The van der Waals surface area contributed by atoms with Gasteiger partial charge >= 0.3 is 0 Å². The SMILES string of the molecule is Cc1ccc(CNC(=O)C2CC2C(=O)Nc2ccc(N3CCCCC3)cc2)cc1. The van der Waals surface area contributed by atoms with Crippen molar-refractivity contribution in [3.8, 4) is 0 Å². The minimum atomic E-state index is -0.227. The van der Waals surface area contributed by atoms with Crippen LogP contribution in [0.1, 0.15) is 36.8 Å². The predicted molar refractivity (Wildman–Crippen MR) is 116 cm³/mol. The van der Waals surface area contributed by atoms with E-state index in [-0.39, 0.29) is 23.7 Å². The summed E-state index contributed by atoms with van der Waals surface area (Å²) in [5.41, 5.74) is 4.27. The van der Waals surface area contributed by atoms with Gasteiger partial charge < -0.3 is 15.5 Å². The number of hydrogen-bond donors (Lipinski definition) is 2. The Labute approximate surface area is 172 Å². The molecular formula is C24H29N3O2. The summed E-state index contributed by atoms with van der Waals surface area (Å²) < 4.78 is 0. The highest BCUT2D eigenvalue weighted by Crippen LogP contribution is 2.39. The van der Waals surface area contributed by atoms with Crippen LogP contribution in [-0.2, 0) is 16.1 Å². The molecule has 2 aliphatic rings. The maximum atomic E-state index is 12.5. The van der Waals surface area contributed by atoms with Crippen molar-refractivity contribution < 1.29 is 9.59 Å². The van der Waals surface area contributed by atoms with Crippen molar-refractivity contribution in [2.45, 2.75) is 39.2 Å². The lowest BCUT2D eigenvalue weighted by atomic mass is 10.1. The van der Waals surface area contributed by atoms with Crippen LogP contribution in [0, 0.1) is 18.8 Å². The first-order valence-corrected chi connectivity index (χ1v) is 10.6. The smallest absolute Gasteiger partial charge is 0.228 e. The van der Waals surface area contributed by atoms with Gasteiger partial charge in [0.25, 0.3) is 0 Å². The number of hydrogen-bond acceptors (Lipinski definition) is 3. The Bertz CT molecular complexity index is 855. The molecule has 1 heterocycles. The van der Waals surface area contributed by atoms with Crippen LogP contribution >= 0.6 is 0 Å². The van der Waals surface area contributed by atoms with E-state index in [0.29, 0.717) is 13.0 Å². The molecule has 2 amide bonds. The Balaban J connectivity index is 1.24. The molecule has 29 heavy (non-hydrogen) atoms. The van der Waals surface area contributed by atoms with Gasteiger partial charge in [0, 0.05) is 31.0 Å². The molecule has 2 N–H and O–H groups in total. The second kappa shape index (κ2) is 8.68. The van der Waals surface area contributed by atoms with Crippen LogP contribution < -0.4 is 15.5 Å². The normalized spacial score (nSPS) is 20.8. The van der Waals surface area contributed by atoms with Gasteiger partial charge in [-0.25, -0.2) is 0 Å². The summed E-state index contributed by atoms with van der Waals surface area (Å²) >= 11 is 0. The molecule has 0 radical (unpaired) electrons. The second-order valence-corrected chi connectivity index (χ2v) is 8.24. The number of carbonyl (C=O) groups excluding carboxylic acids is 2. The number of piperidine rings is 1. The first kappa shape index (κ1) is 19.5. The minimum Gasteiger partial charge on any atom is -0.372 e. The first-order valence-electron chi connectivity index (χ1n) is 10.6. The topological polar surface area (TPSA) is 61.4 Å². The van der Waals surface area contributed by atoms with Crippen LogP contribution in [-0.4, -0.2) is 24.9 Å². The summed E-state index contributed by atoms with van der Waals surface area (Å²) in [7, 11) is 0. The van der Waals surface area contributed by atoms with Gasteiger partial charge in [-0.3, -0.25) is 9.59 Å². The van der Waals surface area contributed by atoms with Crippen LogP contribution in [0.25, 0.3) is 0 Å². The Kier molecular flexibility index (Phi) is 5.84. The molecule has 2 aromatic rings. The Hall–Kier alpha value is -2.82. The van der Waals surface area contributed by atoms with E-state index in [1.165, 1.54) is 30.5 Å². The fourth-order valence-corrected chi connectivity index (χ4v) is 3.94. The number of rotatable bonds is 6. The fraction of sp³-hybridized carbons (Fsp3) is 0.417. The quantitative estimate of drug-likeness (QED) is 0.786. The molecule has 0 bridgehead atoms. The second-order valence-electron chi connectivity index (χ2n) is 8.24. The van der Waals surface area contributed by atoms with Gasteiger partial charge in [0.15, 0.2) is 0 Å². The molecule has 2 fully saturated rings. The summed E-state index contributed by atoms with van der Waals surface area (Å²) in [4.78, 5) is 27.2. The highest BCUT2D eigenvalue weighted by molar-refractivity contribution is 5.99. The Morgan fingerprint density at radius 2 is 1.55 bits per heavy atom. The lowest BCUT2D eigenvalue weighted by molar-refractivity contribution is -0.125. The van der Waals surface area contributed by atoms with E-state index in [9.17, 15) is 9.59 Å². The number of anilines is 2. The van der Waals surface area contributed by atoms with E-state index in [4.69, 9.17) is 0 Å². The molecule has 1 aliphatic carbocycles. The number of aryl methyl sites for hydroxylation is 1. The third-order valence-electron chi connectivity index (χ3n) is 5.91. The van der Waals surface area contributed by atoms with Gasteiger partial charge in [-0.1, -0.05) is 29.8 Å². The molecule has 1 saturated heterocycles. The van der Waals surface area contributed by atoms with E-state index in [0.717, 1.165) is 24.3 Å². The van der Waals surface area contributed by atoms with E-state index >= 15 is 0 Å². The van der Waals surface area contributed by atoms with Crippen LogP contribution in [0.5, 0.6) is 0 Å². The number of benzene rings is 2. The van der Waals surface area contributed by atoms with E-state index in [2.05, 4.69) is 27.7 Å². The lowest BCUT2D eigenvalue weighted by Gasteiger charge is -2.28. The average Bonchev–Trinajstić information content (AvgIpc) is 3.56. The van der Waals surface area contributed by atoms with Crippen molar-refractivity contribution in [3.63, 3.8) is 0 Å². The molecule has 4 rings (SSSR count). The first-order chi connectivity index (χ1) is 14.1. The van der Waals surface area contributed by atoms with Gasteiger partial charge in [-0.2, -0.15) is 0 Å². The number of amides is 2. The summed E-state index contributed by atoms with van der Waals surface area (Å²) in [6, 6.07) is 16.1. The molecule has 5 nitrogen and oxygen atoms in total. The zero-order chi connectivity index (χ0) is 20.2. The summed E-state index contributed by atoms with van der Waals surface area (Å²) in [6.45, 7) is 4.75. The third kappa shape index (κ3) is 4.97. The van der Waals surface area contributed by atoms with Crippen LogP contribution in [0.4, 0.5) is 11.4 Å². The van der Waals surface area contributed by atoms with Crippen LogP contribution in [0.15, 0.2) is 48.5 Å². The zero-order valence-corrected chi connectivity index (χ0v) is 17.0. The predicted octanol–water partition coefficient (Wildman–Crippen LogP) is 3.88.